The molecule has 1 N–H and O–H groups in total. The Morgan fingerprint density at radius 2 is 1.15 bits per heavy atom. The van der Waals surface area contributed by atoms with Crippen molar-refractivity contribution in [1.82, 2.24) is 0 Å². The highest BCUT2D eigenvalue weighted by molar-refractivity contribution is 6.39. The van der Waals surface area contributed by atoms with Gasteiger partial charge in [-0.2, -0.15) is 0 Å². The van der Waals surface area contributed by atoms with E-state index in [0.717, 1.165) is 22.6 Å². The summed E-state index contributed by atoms with van der Waals surface area (Å²) < 4.78 is 46.3. The van der Waals surface area contributed by atoms with E-state index in [1.165, 1.54) is 36.4 Å². The third kappa shape index (κ3) is 6.28. The summed E-state index contributed by atoms with van der Waals surface area (Å²) in [6.45, 7) is 6.12. The Morgan fingerprint density at radius 1 is 0.735 bits per heavy atom. The predicted molar refractivity (Wildman–Crippen MR) is 120 cm³/mol. The first-order valence-electron chi connectivity index (χ1n) is 10.2. The molecule has 3 aromatic rings. The first-order chi connectivity index (χ1) is 15.8. The molecule has 0 unspecified atom stereocenters. The SMILES string of the molecule is CC(C)(C)c1ccc(N(C(=O)C(=O)O)c2ccc(Oc3ccc(OC(F)(F)F)cc3)cc2)cc1. The lowest BCUT2D eigenvalue weighted by atomic mass is 9.87. The quantitative estimate of drug-likeness (QED) is 0.433. The van der Waals surface area contributed by atoms with E-state index in [2.05, 4.69) is 4.74 Å². The summed E-state index contributed by atoms with van der Waals surface area (Å²) in [7, 11) is 0. The van der Waals surface area contributed by atoms with Gasteiger partial charge in [0.05, 0.1) is 0 Å². The van der Waals surface area contributed by atoms with Crippen LogP contribution in [0.25, 0.3) is 0 Å². The van der Waals surface area contributed by atoms with E-state index in [1.54, 1.807) is 12.1 Å². The summed E-state index contributed by atoms with van der Waals surface area (Å²) >= 11 is 0. The molecule has 0 aromatic heterocycles. The topological polar surface area (TPSA) is 76.1 Å². The van der Waals surface area contributed by atoms with Gasteiger partial charge in [0.1, 0.15) is 17.2 Å². The molecule has 0 aliphatic carbocycles. The number of carbonyl (C=O) groups excluding carboxylic acids is 1. The van der Waals surface area contributed by atoms with Gasteiger partial charge < -0.3 is 14.6 Å². The molecular weight excluding hydrogens is 451 g/mol. The Balaban J connectivity index is 1.81. The molecule has 0 atom stereocenters. The van der Waals surface area contributed by atoms with E-state index in [0.29, 0.717) is 17.1 Å². The van der Waals surface area contributed by atoms with Crippen LogP contribution in [0.5, 0.6) is 17.2 Å². The first-order valence-corrected chi connectivity index (χ1v) is 10.2. The standard InChI is InChI=1S/C25H22F3NO5/c1-24(2,3)16-4-6-17(7-5-16)29(22(30)23(31)32)18-8-10-19(11-9-18)33-20-12-14-21(15-13-20)34-25(26,27)28/h4-15H,1-3H3,(H,31,32). The number of rotatable bonds is 5. The lowest BCUT2D eigenvalue weighted by Gasteiger charge is -2.24. The Kier molecular flexibility index (Phi) is 6.85. The van der Waals surface area contributed by atoms with Crippen molar-refractivity contribution in [2.24, 2.45) is 0 Å². The average Bonchev–Trinajstić information content (AvgIpc) is 2.75. The Morgan fingerprint density at radius 3 is 1.56 bits per heavy atom. The van der Waals surface area contributed by atoms with Crippen LogP contribution in [0.4, 0.5) is 24.5 Å². The molecule has 178 valence electrons. The van der Waals surface area contributed by atoms with Crippen LogP contribution in [0.2, 0.25) is 0 Å². The minimum atomic E-state index is -4.79. The number of carboxylic acids is 1. The van der Waals surface area contributed by atoms with E-state index in [4.69, 9.17) is 4.74 Å². The summed E-state index contributed by atoms with van der Waals surface area (Å²) in [5, 5.41) is 9.30. The zero-order chi connectivity index (χ0) is 25.1. The Hall–Kier alpha value is -4.01. The van der Waals surface area contributed by atoms with Gasteiger partial charge in [0, 0.05) is 11.4 Å². The van der Waals surface area contributed by atoms with Crippen molar-refractivity contribution in [2.45, 2.75) is 32.5 Å². The summed E-state index contributed by atoms with van der Waals surface area (Å²) in [6, 6.07) is 17.9. The molecule has 34 heavy (non-hydrogen) atoms. The van der Waals surface area contributed by atoms with E-state index >= 15 is 0 Å². The Labute approximate surface area is 194 Å². The zero-order valence-electron chi connectivity index (χ0n) is 18.6. The number of ether oxygens (including phenoxy) is 2. The van der Waals surface area contributed by atoms with Crippen LogP contribution in [0.15, 0.2) is 72.8 Å². The third-order valence-corrected chi connectivity index (χ3v) is 4.77. The number of halogens is 3. The van der Waals surface area contributed by atoms with Gasteiger partial charge in [-0.05, 0) is 71.6 Å². The molecule has 0 heterocycles. The maximum atomic E-state index is 12.4. The number of alkyl halides is 3. The molecule has 9 heteroatoms. The molecule has 0 bridgehead atoms. The first kappa shape index (κ1) is 24.6. The van der Waals surface area contributed by atoms with Gasteiger partial charge in [-0.1, -0.05) is 32.9 Å². The van der Waals surface area contributed by atoms with Crippen LogP contribution in [-0.4, -0.2) is 23.3 Å². The van der Waals surface area contributed by atoms with Crippen molar-refractivity contribution in [3.63, 3.8) is 0 Å². The van der Waals surface area contributed by atoms with E-state index in [9.17, 15) is 27.9 Å². The monoisotopic (exact) mass is 473 g/mol. The van der Waals surface area contributed by atoms with Crippen LogP contribution in [0, 0.1) is 0 Å². The van der Waals surface area contributed by atoms with Crippen molar-refractivity contribution in [3.8, 4) is 17.2 Å². The number of carboxylic acid groups (broad SMARTS) is 1. The summed E-state index contributed by atoms with van der Waals surface area (Å²) in [5.41, 5.74) is 1.59. The average molecular weight is 473 g/mol. The van der Waals surface area contributed by atoms with Crippen molar-refractivity contribution in [2.75, 3.05) is 4.90 Å². The number of amides is 1. The fourth-order valence-electron chi connectivity index (χ4n) is 3.10. The van der Waals surface area contributed by atoms with Gasteiger partial charge in [-0.15, -0.1) is 13.2 Å². The molecule has 3 aromatic carbocycles. The molecule has 0 aliphatic rings. The predicted octanol–water partition coefficient (Wildman–Crippen LogP) is 6.42. The highest BCUT2D eigenvalue weighted by atomic mass is 19.4. The van der Waals surface area contributed by atoms with Crippen LogP contribution in [-0.2, 0) is 15.0 Å². The molecule has 0 saturated carbocycles. The molecule has 0 fully saturated rings. The molecule has 0 aliphatic heterocycles. The normalized spacial score (nSPS) is 11.6. The maximum Gasteiger partial charge on any atom is 0.573 e. The molecular formula is C25H22F3NO5. The fourth-order valence-corrected chi connectivity index (χ4v) is 3.10. The lowest BCUT2D eigenvalue weighted by molar-refractivity contribution is -0.274. The smallest absolute Gasteiger partial charge is 0.474 e. The van der Waals surface area contributed by atoms with Gasteiger partial charge in [0.25, 0.3) is 0 Å². The van der Waals surface area contributed by atoms with Gasteiger partial charge in [-0.3, -0.25) is 9.69 Å². The van der Waals surface area contributed by atoms with Crippen LogP contribution in [0.1, 0.15) is 26.3 Å². The molecule has 0 saturated heterocycles. The number of carbonyl (C=O) groups is 2. The molecule has 0 spiro atoms. The van der Waals surface area contributed by atoms with Crippen LogP contribution >= 0.6 is 0 Å². The number of benzene rings is 3. The molecule has 6 nitrogen and oxygen atoms in total. The van der Waals surface area contributed by atoms with Gasteiger partial charge >= 0.3 is 18.2 Å². The number of hydrogen-bond donors (Lipinski definition) is 1. The summed E-state index contributed by atoms with van der Waals surface area (Å²) in [4.78, 5) is 24.9. The van der Waals surface area contributed by atoms with Crippen molar-refractivity contribution < 1.29 is 37.3 Å². The lowest BCUT2D eigenvalue weighted by Crippen LogP contribution is -2.32. The van der Waals surface area contributed by atoms with Gasteiger partial charge in [-0.25, -0.2) is 4.79 Å². The van der Waals surface area contributed by atoms with Crippen molar-refractivity contribution in [3.05, 3.63) is 78.4 Å². The van der Waals surface area contributed by atoms with Gasteiger partial charge in [0.15, 0.2) is 0 Å². The number of aliphatic carboxylic acids is 1. The second-order valence-corrected chi connectivity index (χ2v) is 8.36. The van der Waals surface area contributed by atoms with Crippen molar-refractivity contribution in [1.29, 1.82) is 0 Å². The largest absolute Gasteiger partial charge is 0.573 e. The molecule has 0 radical (unpaired) electrons. The van der Waals surface area contributed by atoms with E-state index < -0.39 is 18.2 Å². The molecule has 1 amide bonds. The van der Waals surface area contributed by atoms with E-state index in [1.807, 2.05) is 32.9 Å². The number of anilines is 2. The minimum Gasteiger partial charge on any atom is -0.474 e. The zero-order valence-corrected chi connectivity index (χ0v) is 18.6. The second kappa shape index (κ2) is 9.46. The third-order valence-electron chi connectivity index (χ3n) is 4.77. The number of nitrogens with zero attached hydrogens (tertiary/aromatic N) is 1. The highest BCUT2D eigenvalue weighted by Crippen LogP contribution is 2.32. The van der Waals surface area contributed by atoms with Crippen LogP contribution < -0.4 is 14.4 Å². The highest BCUT2D eigenvalue weighted by Gasteiger charge is 2.31. The second-order valence-electron chi connectivity index (χ2n) is 8.36. The van der Waals surface area contributed by atoms with Crippen molar-refractivity contribution >= 4 is 23.3 Å². The Bertz CT molecular complexity index is 1150. The minimum absolute atomic E-state index is 0.115. The fraction of sp³-hybridized carbons (Fsp3) is 0.200. The number of hydrogen-bond acceptors (Lipinski definition) is 4. The van der Waals surface area contributed by atoms with E-state index in [-0.39, 0.29) is 16.9 Å². The maximum absolute atomic E-state index is 12.4. The molecule has 3 rings (SSSR count). The summed E-state index contributed by atoms with van der Waals surface area (Å²) in [6.07, 6.45) is -4.79. The van der Waals surface area contributed by atoms with Crippen LogP contribution in [0.3, 0.4) is 0 Å². The van der Waals surface area contributed by atoms with Gasteiger partial charge in [0.2, 0.25) is 0 Å². The summed E-state index contributed by atoms with van der Waals surface area (Å²) in [5.74, 6) is -2.52.